The molecule has 59 heavy (non-hydrogen) atoms. The van der Waals surface area contributed by atoms with Crippen LogP contribution in [0, 0.1) is 5.92 Å². The van der Waals surface area contributed by atoms with E-state index in [-0.39, 0.29) is 12.8 Å². The summed E-state index contributed by atoms with van der Waals surface area (Å²) in [4.78, 5) is 52.6. The van der Waals surface area contributed by atoms with Crippen molar-refractivity contribution in [2.45, 2.75) is 155 Å². The third kappa shape index (κ3) is 40.7. The van der Waals surface area contributed by atoms with Crippen LogP contribution in [0.4, 0.5) is 0 Å². The molecule has 0 heterocycles. The summed E-state index contributed by atoms with van der Waals surface area (Å²) >= 11 is 0. The van der Waals surface area contributed by atoms with Gasteiger partial charge in [0.1, 0.15) is 12.7 Å². The standard InChI is InChI=1S/C43H74O14P2/c1-4-6-24-30-39(44)31-26-21-17-12-10-8-7-9-11-13-18-22-27-32-42(46)53-36-41(37-56-59(51,52)55-35-40(45)34-54-58(48,49)50)57-43(47)33-28-23-19-15-14-16-20-25-29-38(3)5-2/h6,8-11,17-18,21-22,24,26,31,38-41,44-45H,4-5,7,12-16,19-20,23,25,27-30,32-37H2,1-3H3,(H,51,52)(H2,48,49,50)/b10-8-,11-9-,21-17+,22-18-,24-6-,31-26+/t38?,39?,40-,41+/m0/s1. The number of aliphatic hydroxyl groups is 2. The predicted octanol–water partition coefficient (Wildman–Crippen LogP) is 9.44. The van der Waals surface area contributed by atoms with E-state index < -0.39 is 72.3 Å². The van der Waals surface area contributed by atoms with E-state index in [2.05, 4.69) is 42.0 Å². The molecular formula is C43H74O14P2. The normalized spacial score (nSPS) is 15.9. The van der Waals surface area contributed by atoms with Crippen LogP contribution in [0.5, 0.6) is 0 Å². The number of ether oxygens (including phenoxy) is 2. The first-order chi connectivity index (χ1) is 28.2. The van der Waals surface area contributed by atoms with Gasteiger partial charge in [0.2, 0.25) is 0 Å². The summed E-state index contributed by atoms with van der Waals surface area (Å²) in [6.45, 7) is 3.73. The third-order valence-corrected chi connectivity index (χ3v) is 10.2. The largest absolute Gasteiger partial charge is 0.472 e. The lowest BCUT2D eigenvalue weighted by Crippen LogP contribution is -2.29. The SMILES string of the molecule is CC/C=C\CC(O)/C=C/C=C/C/C=C\C/C=C\C/C=C\CCC(=O)OC[C@H](COP(=O)(O)OC[C@@H](O)COP(=O)(O)O)OC(=O)CCCCCCCCCCC(C)CC. The van der Waals surface area contributed by atoms with Gasteiger partial charge in [-0.3, -0.25) is 23.2 Å². The van der Waals surface area contributed by atoms with Gasteiger partial charge in [0.15, 0.2) is 6.10 Å². The van der Waals surface area contributed by atoms with E-state index in [1.807, 2.05) is 54.7 Å². The minimum Gasteiger partial charge on any atom is -0.462 e. The van der Waals surface area contributed by atoms with Crippen LogP contribution in [0.3, 0.4) is 0 Å². The topological polar surface area (TPSA) is 216 Å². The molecule has 0 aromatic rings. The molecule has 0 aliphatic heterocycles. The van der Waals surface area contributed by atoms with Crippen molar-refractivity contribution in [3.63, 3.8) is 0 Å². The van der Waals surface area contributed by atoms with Gasteiger partial charge in [-0.05, 0) is 50.9 Å². The van der Waals surface area contributed by atoms with Crippen LogP contribution in [0.25, 0.3) is 0 Å². The van der Waals surface area contributed by atoms with Crippen molar-refractivity contribution in [2.75, 3.05) is 26.4 Å². The van der Waals surface area contributed by atoms with Crippen molar-refractivity contribution in [1.29, 1.82) is 0 Å². The second-order valence-electron chi connectivity index (χ2n) is 14.3. The number of rotatable bonds is 38. The molecule has 5 N–H and O–H groups in total. The van der Waals surface area contributed by atoms with Crippen LogP contribution in [0.2, 0.25) is 0 Å². The first-order valence-corrected chi connectivity index (χ1v) is 24.2. The summed E-state index contributed by atoms with van der Waals surface area (Å²) in [6.07, 6.45) is 35.4. The molecule has 0 spiro atoms. The lowest BCUT2D eigenvalue weighted by Gasteiger charge is -2.20. The van der Waals surface area contributed by atoms with Crippen LogP contribution >= 0.6 is 15.6 Å². The average Bonchev–Trinajstić information content (AvgIpc) is 3.19. The van der Waals surface area contributed by atoms with Crippen LogP contribution in [0.1, 0.15) is 136 Å². The van der Waals surface area contributed by atoms with Crippen molar-refractivity contribution in [2.24, 2.45) is 5.92 Å². The van der Waals surface area contributed by atoms with Crippen molar-refractivity contribution >= 4 is 27.6 Å². The van der Waals surface area contributed by atoms with Crippen LogP contribution in [-0.2, 0) is 41.8 Å². The van der Waals surface area contributed by atoms with Gasteiger partial charge < -0.3 is 34.4 Å². The number of hydrogen-bond acceptors (Lipinski definition) is 11. The van der Waals surface area contributed by atoms with E-state index in [4.69, 9.17) is 23.8 Å². The summed E-state index contributed by atoms with van der Waals surface area (Å²) in [5, 5.41) is 19.6. The maximum atomic E-state index is 12.6. The summed E-state index contributed by atoms with van der Waals surface area (Å²) in [7, 11) is -9.71. The second kappa shape index (κ2) is 37.3. The molecule has 0 saturated carbocycles. The fourth-order valence-electron chi connectivity index (χ4n) is 5.14. The Morgan fingerprint density at radius 1 is 0.627 bits per heavy atom. The van der Waals surface area contributed by atoms with E-state index >= 15 is 0 Å². The molecule has 0 saturated heterocycles. The smallest absolute Gasteiger partial charge is 0.462 e. The quantitative estimate of drug-likeness (QED) is 0.0128. The highest BCUT2D eigenvalue weighted by Crippen LogP contribution is 2.43. The van der Waals surface area contributed by atoms with Gasteiger partial charge in [0.25, 0.3) is 0 Å². The predicted molar refractivity (Wildman–Crippen MR) is 231 cm³/mol. The van der Waals surface area contributed by atoms with Crippen LogP contribution in [-0.4, -0.2) is 81.6 Å². The Bertz CT molecular complexity index is 1350. The number of phosphoric ester groups is 2. The Morgan fingerprint density at radius 3 is 1.83 bits per heavy atom. The molecule has 14 nitrogen and oxygen atoms in total. The third-order valence-electron chi connectivity index (χ3n) is 8.73. The summed E-state index contributed by atoms with van der Waals surface area (Å²) in [5.41, 5.74) is 0. The zero-order chi connectivity index (χ0) is 44.0. The van der Waals surface area contributed by atoms with Gasteiger partial charge in [0, 0.05) is 12.8 Å². The maximum absolute atomic E-state index is 12.6. The Labute approximate surface area is 353 Å². The molecule has 340 valence electrons. The highest BCUT2D eigenvalue weighted by Gasteiger charge is 2.28. The molecule has 16 heteroatoms. The zero-order valence-electron chi connectivity index (χ0n) is 35.6. The molecular weight excluding hydrogens is 802 g/mol. The molecule has 3 unspecified atom stereocenters. The number of carbonyl (C=O) groups is 2. The first kappa shape index (κ1) is 56.5. The maximum Gasteiger partial charge on any atom is 0.472 e. The second-order valence-corrected chi connectivity index (χ2v) is 17.0. The minimum atomic E-state index is -4.87. The Kier molecular flexibility index (Phi) is 35.7. The lowest BCUT2D eigenvalue weighted by molar-refractivity contribution is -0.161. The van der Waals surface area contributed by atoms with Crippen molar-refractivity contribution in [3.05, 3.63) is 72.9 Å². The van der Waals surface area contributed by atoms with Gasteiger partial charge in [-0.2, -0.15) is 0 Å². The highest BCUT2D eigenvalue weighted by molar-refractivity contribution is 7.47. The number of unbranched alkanes of at least 4 members (excludes halogenated alkanes) is 7. The van der Waals surface area contributed by atoms with E-state index in [1.54, 1.807) is 6.08 Å². The number of esters is 2. The molecule has 5 atom stereocenters. The molecule has 0 rings (SSSR count). The van der Waals surface area contributed by atoms with E-state index in [0.717, 1.165) is 50.9 Å². The minimum absolute atomic E-state index is 0.0517. The van der Waals surface area contributed by atoms with Crippen LogP contribution in [0.15, 0.2) is 72.9 Å². The van der Waals surface area contributed by atoms with E-state index in [0.29, 0.717) is 25.7 Å². The number of aliphatic hydroxyl groups excluding tert-OH is 2. The monoisotopic (exact) mass is 876 g/mol. The van der Waals surface area contributed by atoms with Gasteiger partial charge in [0.05, 0.1) is 25.9 Å². The number of carbonyl (C=O) groups excluding carboxylic acids is 2. The lowest BCUT2D eigenvalue weighted by atomic mass is 9.99. The van der Waals surface area contributed by atoms with Crippen LogP contribution < -0.4 is 0 Å². The van der Waals surface area contributed by atoms with Crippen molar-refractivity contribution < 1.29 is 66.7 Å². The van der Waals surface area contributed by atoms with Gasteiger partial charge in [-0.25, -0.2) is 9.13 Å². The number of hydrogen-bond donors (Lipinski definition) is 5. The zero-order valence-corrected chi connectivity index (χ0v) is 37.4. The van der Waals surface area contributed by atoms with Gasteiger partial charge >= 0.3 is 27.6 Å². The Morgan fingerprint density at radius 2 is 1.20 bits per heavy atom. The highest BCUT2D eigenvalue weighted by atomic mass is 31.2. The van der Waals surface area contributed by atoms with Crippen molar-refractivity contribution in [1.82, 2.24) is 0 Å². The Hall–Kier alpha value is -2.48. The molecule has 0 aliphatic carbocycles. The number of allylic oxidation sites excluding steroid dienone is 10. The summed E-state index contributed by atoms with van der Waals surface area (Å²) in [6, 6.07) is 0. The summed E-state index contributed by atoms with van der Waals surface area (Å²) < 4.78 is 47.6. The summed E-state index contributed by atoms with van der Waals surface area (Å²) in [5.74, 6) is -0.381. The fraction of sp³-hybridized carbons (Fsp3) is 0.674. The molecule has 0 radical (unpaired) electrons. The van der Waals surface area contributed by atoms with Gasteiger partial charge in [-0.15, -0.1) is 0 Å². The molecule has 0 bridgehead atoms. The van der Waals surface area contributed by atoms with E-state index in [1.165, 1.54) is 32.1 Å². The molecule has 0 aromatic heterocycles. The van der Waals surface area contributed by atoms with Crippen molar-refractivity contribution in [3.8, 4) is 0 Å². The van der Waals surface area contributed by atoms with E-state index in [9.17, 15) is 33.8 Å². The molecule has 0 aromatic carbocycles. The molecule has 0 amide bonds. The number of phosphoric acid groups is 2. The fourth-order valence-corrected chi connectivity index (χ4v) is 6.29. The molecule has 0 fully saturated rings. The first-order valence-electron chi connectivity index (χ1n) is 21.1. The Balaban J connectivity index is 4.69. The molecule has 0 aliphatic rings. The van der Waals surface area contributed by atoms with Gasteiger partial charge in [-0.1, -0.05) is 151 Å². The average molecular weight is 877 g/mol.